The molecule has 0 radical (unpaired) electrons. The first-order chi connectivity index (χ1) is 5.84. The van der Waals surface area contributed by atoms with Crippen molar-refractivity contribution in [1.29, 1.82) is 0 Å². The zero-order valence-electron chi connectivity index (χ0n) is 6.90. The molecule has 0 bridgehead atoms. The lowest BCUT2D eigenvalue weighted by molar-refractivity contribution is -0.0253. The van der Waals surface area contributed by atoms with Crippen LogP contribution >= 0.6 is 0 Å². The van der Waals surface area contributed by atoms with Crippen LogP contribution in [0.15, 0.2) is 22.8 Å². The fraction of sp³-hybridized carbons (Fsp3) is 0.556. The van der Waals surface area contributed by atoms with Gasteiger partial charge in [0, 0.05) is 6.04 Å². The van der Waals surface area contributed by atoms with Crippen LogP contribution in [0.1, 0.15) is 18.6 Å². The Hall–Kier alpha value is -0.800. The highest BCUT2D eigenvalue weighted by atomic mass is 16.5. The second kappa shape index (κ2) is 3.29. The molecule has 1 saturated carbocycles. The van der Waals surface area contributed by atoms with Gasteiger partial charge >= 0.3 is 0 Å². The van der Waals surface area contributed by atoms with Gasteiger partial charge in [-0.25, -0.2) is 0 Å². The molecule has 66 valence electrons. The second-order valence-corrected chi connectivity index (χ2v) is 3.24. The molecule has 0 aromatic carbocycles. The van der Waals surface area contributed by atoms with Gasteiger partial charge in [-0.1, -0.05) is 0 Å². The molecule has 0 spiro atoms. The molecule has 2 rings (SSSR count). The zero-order valence-corrected chi connectivity index (χ0v) is 6.90. The Labute approximate surface area is 71.5 Å². The van der Waals surface area contributed by atoms with Crippen LogP contribution < -0.4 is 5.73 Å². The van der Waals surface area contributed by atoms with Gasteiger partial charge in [-0.2, -0.15) is 0 Å². The molecule has 0 amide bonds. The highest BCUT2D eigenvalue weighted by Gasteiger charge is 2.26. The van der Waals surface area contributed by atoms with Crippen LogP contribution in [0.4, 0.5) is 0 Å². The molecular weight excluding hydrogens is 154 g/mol. The summed E-state index contributed by atoms with van der Waals surface area (Å²) in [6, 6.07) is 4.13. The largest absolute Gasteiger partial charge is 0.467 e. The van der Waals surface area contributed by atoms with Gasteiger partial charge < -0.3 is 14.9 Å². The quantitative estimate of drug-likeness (QED) is 0.737. The molecule has 1 heterocycles. The van der Waals surface area contributed by atoms with Crippen LogP contribution in [0.2, 0.25) is 0 Å². The highest BCUT2D eigenvalue weighted by Crippen LogP contribution is 2.22. The van der Waals surface area contributed by atoms with Crippen molar-refractivity contribution in [3.63, 3.8) is 0 Å². The molecule has 1 aliphatic rings. The Bertz CT molecular complexity index is 227. The Morgan fingerprint density at radius 2 is 2.42 bits per heavy atom. The summed E-state index contributed by atoms with van der Waals surface area (Å²) in [7, 11) is 0. The third-order valence-corrected chi connectivity index (χ3v) is 2.17. The Balaban J connectivity index is 1.70. The molecule has 3 heteroatoms. The minimum atomic E-state index is 0.352. The van der Waals surface area contributed by atoms with Gasteiger partial charge in [0.1, 0.15) is 12.4 Å². The van der Waals surface area contributed by atoms with Gasteiger partial charge in [-0.15, -0.1) is 0 Å². The van der Waals surface area contributed by atoms with Crippen LogP contribution in [0.25, 0.3) is 0 Å². The van der Waals surface area contributed by atoms with Gasteiger partial charge in [-0.3, -0.25) is 0 Å². The summed E-state index contributed by atoms with van der Waals surface area (Å²) in [5.74, 6) is 0.885. The summed E-state index contributed by atoms with van der Waals surface area (Å²) in [5, 5.41) is 0. The number of ether oxygens (including phenoxy) is 1. The molecule has 12 heavy (non-hydrogen) atoms. The summed E-state index contributed by atoms with van der Waals surface area (Å²) >= 11 is 0. The van der Waals surface area contributed by atoms with Crippen LogP contribution in [-0.2, 0) is 11.3 Å². The summed E-state index contributed by atoms with van der Waals surface area (Å²) in [5.41, 5.74) is 5.61. The summed E-state index contributed by atoms with van der Waals surface area (Å²) in [4.78, 5) is 0. The van der Waals surface area contributed by atoms with E-state index in [1.807, 2.05) is 12.1 Å². The summed E-state index contributed by atoms with van der Waals surface area (Å²) < 4.78 is 10.6. The Kier molecular flexibility index (Phi) is 2.15. The second-order valence-electron chi connectivity index (χ2n) is 3.24. The number of nitrogens with two attached hydrogens (primary N) is 1. The predicted molar refractivity (Wildman–Crippen MR) is 44.5 cm³/mol. The molecule has 1 aromatic rings. The maximum absolute atomic E-state index is 5.61. The maximum Gasteiger partial charge on any atom is 0.129 e. The van der Waals surface area contributed by atoms with Gasteiger partial charge in [-0.05, 0) is 25.0 Å². The van der Waals surface area contributed by atoms with Gasteiger partial charge in [0.25, 0.3) is 0 Å². The average Bonchev–Trinajstić information content (AvgIpc) is 2.47. The third kappa shape index (κ3) is 1.68. The molecule has 3 nitrogen and oxygen atoms in total. The summed E-state index contributed by atoms with van der Waals surface area (Å²) in [6.45, 7) is 0.574. The fourth-order valence-electron chi connectivity index (χ4n) is 1.34. The van der Waals surface area contributed by atoms with E-state index in [9.17, 15) is 0 Å². The molecule has 0 atom stereocenters. The van der Waals surface area contributed by atoms with E-state index in [4.69, 9.17) is 14.9 Å². The SMILES string of the molecule is NC1CC(OCc2ccco2)C1. The monoisotopic (exact) mass is 167 g/mol. The van der Waals surface area contributed by atoms with Crippen molar-refractivity contribution in [2.24, 2.45) is 5.73 Å². The normalized spacial score (nSPS) is 28.4. The lowest BCUT2D eigenvalue weighted by atomic mass is 9.90. The molecule has 0 aliphatic heterocycles. The van der Waals surface area contributed by atoms with E-state index in [0.29, 0.717) is 18.8 Å². The fourth-order valence-corrected chi connectivity index (χ4v) is 1.34. The molecule has 0 unspecified atom stereocenters. The van der Waals surface area contributed by atoms with Gasteiger partial charge in [0.15, 0.2) is 0 Å². The predicted octanol–water partition coefficient (Wildman–Crippen LogP) is 1.29. The van der Waals surface area contributed by atoms with Crippen LogP contribution in [-0.4, -0.2) is 12.1 Å². The first kappa shape index (κ1) is 7.83. The molecular formula is C9H13NO2. The Morgan fingerprint density at radius 3 is 3.00 bits per heavy atom. The number of furan rings is 1. The minimum absolute atomic E-state index is 0.352. The first-order valence-corrected chi connectivity index (χ1v) is 4.24. The average molecular weight is 167 g/mol. The van der Waals surface area contributed by atoms with Crippen molar-refractivity contribution in [3.8, 4) is 0 Å². The lowest BCUT2D eigenvalue weighted by Gasteiger charge is -2.31. The van der Waals surface area contributed by atoms with E-state index >= 15 is 0 Å². The van der Waals surface area contributed by atoms with Crippen LogP contribution in [0.5, 0.6) is 0 Å². The first-order valence-electron chi connectivity index (χ1n) is 4.24. The maximum atomic E-state index is 5.61. The van der Waals surface area contributed by atoms with E-state index in [-0.39, 0.29) is 0 Å². The molecule has 1 aliphatic carbocycles. The number of rotatable bonds is 3. The van der Waals surface area contributed by atoms with Crippen LogP contribution in [0.3, 0.4) is 0 Å². The van der Waals surface area contributed by atoms with Crippen molar-refractivity contribution >= 4 is 0 Å². The van der Waals surface area contributed by atoms with Crippen molar-refractivity contribution < 1.29 is 9.15 Å². The number of hydrogen-bond donors (Lipinski definition) is 1. The van der Waals surface area contributed by atoms with Crippen molar-refractivity contribution in [2.45, 2.75) is 31.6 Å². The van der Waals surface area contributed by atoms with Gasteiger partial charge in [0.2, 0.25) is 0 Å². The molecule has 0 saturated heterocycles. The standard InChI is InChI=1S/C9H13NO2/c10-7-4-9(5-7)12-6-8-2-1-3-11-8/h1-3,7,9H,4-6,10H2. The molecule has 2 N–H and O–H groups in total. The molecule has 1 fully saturated rings. The van der Waals surface area contributed by atoms with E-state index in [2.05, 4.69) is 0 Å². The van der Waals surface area contributed by atoms with E-state index < -0.39 is 0 Å². The van der Waals surface area contributed by atoms with Gasteiger partial charge in [0.05, 0.1) is 12.4 Å². The van der Waals surface area contributed by atoms with E-state index in [1.165, 1.54) is 0 Å². The van der Waals surface area contributed by atoms with E-state index in [0.717, 1.165) is 18.6 Å². The summed E-state index contributed by atoms with van der Waals surface area (Å²) in [6.07, 6.45) is 3.98. The van der Waals surface area contributed by atoms with Crippen molar-refractivity contribution in [2.75, 3.05) is 0 Å². The Morgan fingerprint density at radius 1 is 1.58 bits per heavy atom. The minimum Gasteiger partial charge on any atom is -0.467 e. The smallest absolute Gasteiger partial charge is 0.129 e. The van der Waals surface area contributed by atoms with Crippen molar-refractivity contribution in [1.82, 2.24) is 0 Å². The van der Waals surface area contributed by atoms with E-state index in [1.54, 1.807) is 6.26 Å². The molecule has 1 aromatic heterocycles. The topological polar surface area (TPSA) is 48.4 Å². The van der Waals surface area contributed by atoms with Crippen molar-refractivity contribution in [3.05, 3.63) is 24.2 Å². The van der Waals surface area contributed by atoms with Crippen LogP contribution in [0, 0.1) is 0 Å². The lowest BCUT2D eigenvalue weighted by Crippen LogP contribution is -2.41. The third-order valence-electron chi connectivity index (χ3n) is 2.17. The number of hydrogen-bond acceptors (Lipinski definition) is 3. The zero-order chi connectivity index (χ0) is 8.39. The highest BCUT2D eigenvalue weighted by molar-refractivity contribution is 4.96.